The highest BCUT2D eigenvalue weighted by molar-refractivity contribution is 7.46. The SMILES string of the molecule is C=CC(=O)OC(C)COP(=O)(O)O.C=CC(=O)OC(C)COP(=O)(O)O. The van der Waals surface area contributed by atoms with Gasteiger partial charge in [0.15, 0.2) is 0 Å². The molecule has 0 aliphatic rings. The highest BCUT2D eigenvalue weighted by Gasteiger charge is 2.18. The number of rotatable bonds is 10. The first kappa shape index (κ1) is 26.9. The number of hydrogen-bond acceptors (Lipinski definition) is 8. The molecule has 2 unspecified atom stereocenters. The third kappa shape index (κ3) is 20.7. The fourth-order valence-electron chi connectivity index (χ4n) is 0.965. The Morgan fingerprint density at radius 1 is 0.846 bits per heavy atom. The van der Waals surface area contributed by atoms with Crippen LogP contribution in [0.25, 0.3) is 0 Å². The van der Waals surface area contributed by atoms with Gasteiger partial charge in [0.05, 0.1) is 13.2 Å². The Balaban J connectivity index is 0. The van der Waals surface area contributed by atoms with E-state index >= 15 is 0 Å². The molecule has 152 valence electrons. The molecule has 4 N–H and O–H groups in total. The summed E-state index contributed by atoms with van der Waals surface area (Å²) in [6.45, 7) is 8.48. The van der Waals surface area contributed by atoms with Crippen LogP contribution < -0.4 is 0 Å². The molecule has 0 amide bonds. The van der Waals surface area contributed by atoms with Gasteiger partial charge in [0, 0.05) is 12.2 Å². The lowest BCUT2D eigenvalue weighted by Gasteiger charge is -2.12. The molecule has 0 aliphatic heterocycles. The van der Waals surface area contributed by atoms with Crippen LogP contribution in [0.5, 0.6) is 0 Å². The molecule has 0 aliphatic carbocycles. The quantitative estimate of drug-likeness (QED) is 0.217. The average molecular weight is 420 g/mol. The first-order valence-corrected chi connectivity index (χ1v) is 9.82. The van der Waals surface area contributed by atoms with Crippen LogP contribution in [0.2, 0.25) is 0 Å². The first-order chi connectivity index (χ1) is 11.7. The number of ether oxygens (including phenoxy) is 2. The molecular formula is C12H22O12P2. The third-order valence-electron chi connectivity index (χ3n) is 1.92. The predicted molar refractivity (Wildman–Crippen MR) is 87.5 cm³/mol. The molecule has 2 atom stereocenters. The van der Waals surface area contributed by atoms with Crippen LogP contribution in [0.1, 0.15) is 13.8 Å². The maximum absolute atomic E-state index is 10.6. The summed E-state index contributed by atoms with van der Waals surface area (Å²) < 4.78 is 37.7. The topological polar surface area (TPSA) is 186 Å². The smallest absolute Gasteiger partial charge is 0.457 e. The Morgan fingerprint density at radius 3 is 1.31 bits per heavy atom. The van der Waals surface area contributed by atoms with E-state index in [4.69, 9.17) is 19.6 Å². The summed E-state index contributed by atoms with van der Waals surface area (Å²) in [7, 11) is -8.98. The third-order valence-corrected chi connectivity index (χ3v) is 2.89. The molecule has 0 saturated heterocycles. The number of phosphoric acid groups is 2. The minimum absolute atomic E-state index is 0.357. The molecule has 0 radical (unpaired) electrons. The van der Waals surface area contributed by atoms with Gasteiger partial charge in [-0.25, -0.2) is 18.7 Å². The highest BCUT2D eigenvalue weighted by atomic mass is 31.2. The van der Waals surface area contributed by atoms with Crippen LogP contribution >= 0.6 is 15.6 Å². The summed E-state index contributed by atoms with van der Waals surface area (Å²) >= 11 is 0. The second-order valence-corrected chi connectivity index (χ2v) is 6.95. The standard InChI is InChI=1S/2C6H11O6P/c2*1-3-6(7)12-5(2)4-11-13(8,9)10/h2*3,5H,1,4H2,2H3,(H2,8,9,10). The summed E-state index contributed by atoms with van der Waals surface area (Å²) in [4.78, 5) is 54.3. The van der Waals surface area contributed by atoms with Crippen molar-refractivity contribution in [1.29, 1.82) is 0 Å². The van der Waals surface area contributed by atoms with E-state index in [-0.39, 0.29) is 13.2 Å². The van der Waals surface area contributed by atoms with Crippen LogP contribution in [0.3, 0.4) is 0 Å². The Bertz CT molecular complexity index is 513. The zero-order valence-corrected chi connectivity index (χ0v) is 15.9. The van der Waals surface area contributed by atoms with E-state index in [2.05, 4.69) is 31.7 Å². The van der Waals surface area contributed by atoms with Crippen molar-refractivity contribution < 1.29 is 56.8 Å². The van der Waals surface area contributed by atoms with Crippen LogP contribution in [-0.4, -0.2) is 56.9 Å². The van der Waals surface area contributed by atoms with Crippen molar-refractivity contribution in [3.8, 4) is 0 Å². The van der Waals surface area contributed by atoms with Crippen molar-refractivity contribution in [2.24, 2.45) is 0 Å². The van der Waals surface area contributed by atoms with Crippen molar-refractivity contribution in [2.45, 2.75) is 26.1 Å². The van der Waals surface area contributed by atoms with Crippen molar-refractivity contribution in [3.05, 3.63) is 25.3 Å². The van der Waals surface area contributed by atoms with Crippen molar-refractivity contribution in [2.75, 3.05) is 13.2 Å². The van der Waals surface area contributed by atoms with Crippen molar-refractivity contribution in [3.63, 3.8) is 0 Å². The van der Waals surface area contributed by atoms with Gasteiger partial charge in [0.25, 0.3) is 0 Å². The molecule has 0 aromatic carbocycles. The maximum atomic E-state index is 10.6. The summed E-state index contributed by atoms with van der Waals surface area (Å²) in [5.41, 5.74) is 0. The zero-order valence-electron chi connectivity index (χ0n) is 14.1. The number of esters is 2. The minimum Gasteiger partial charge on any atom is -0.457 e. The molecule has 0 rings (SSSR count). The fourth-order valence-corrected chi connectivity index (χ4v) is 1.77. The molecule has 0 aromatic heterocycles. The van der Waals surface area contributed by atoms with Crippen LogP contribution in [0.15, 0.2) is 25.3 Å². The average Bonchev–Trinajstić information content (AvgIpc) is 2.50. The molecule has 0 bridgehead atoms. The normalized spacial score (nSPS) is 13.5. The highest BCUT2D eigenvalue weighted by Crippen LogP contribution is 2.36. The molecule has 14 heteroatoms. The lowest BCUT2D eigenvalue weighted by molar-refractivity contribution is -0.144. The van der Waals surface area contributed by atoms with Gasteiger partial charge < -0.3 is 29.0 Å². The van der Waals surface area contributed by atoms with E-state index in [1.54, 1.807) is 0 Å². The van der Waals surface area contributed by atoms with E-state index in [0.717, 1.165) is 12.2 Å². The molecule has 0 fully saturated rings. The Labute approximate surface area is 149 Å². The summed E-state index contributed by atoms with van der Waals surface area (Å²) in [5, 5.41) is 0. The predicted octanol–water partition coefficient (Wildman–Crippen LogP) is 0.427. The van der Waals surface area contributed by atoms with Gasteiger partial charge in [-0.15, -0.1) is 0 Å². The van der Waals surface area contributed by atoms with Gasteiger partial charge in [0.1, 0.15) is 12.2 Å². The lowest BCUT2D eigenvalue weighted by Crippen LogP contribution is -2.18. The Morgan fingerprint density at radius 2 is 1.12 bits per heavy atom. The molecule has 26 heavy (non-hydrogen) atoms. The van der Waals surface area contributed by atoms with Gasteiger partial charge in [-0.05, 0) is 13.8 Å². The van der Waals surface area contributed by atoms with Gasteiger partial charge in [-0.3, -0.25) is 9.05 Å². The van der Waals surface area contributed by atoms with Crippen LogP contribution in [0.4, 0.5) is 0 Å². The Hall–Kier alpha value is -1.36. The van der Waals surface area contributed by atoms with Crippen molar-refractivity contribution in [1.82, 2.24) is 0 Å². The molecule has 0 aromatic rings. The number of hydrogen-bond donors (Lipinski definition) is 4. The van der Waals surface area contributed by atoms with E-state index in [9.17, 15) is 18.7 Å². The van der Waals surface area contributed by atoms with Gasteiger partial charge in [0.2, 0.25) is 0 Å². The minimum atomic E-state index is -4.49. The number of phosphoric ester groups is 2. The number of carbonyl (C=O) groups is 2. The molecule has 0 heterocycles. The Kier molecular flexibility index (Phi) is 13.3. The molecule has 12 nitrogen and oxygen atoms in total. The lowest BCUT2D eigenvalue weighted by atomic mass is 10.4. The van der Waals surface area contributed by atoms with Gasteiger partial charge in [-0.1, -0.05) is 13.2 Å². The monoisotopic (exact) mass is 420 g/mol. The molecule has 0 saturated carbocycles. The first-order valence-electron chi connectivity index (χ1n) is 6.76. The number of carbonyl (C=O) groups excluding carboxylic acids is 2. The summed E-state index contributed by atoms with van der Waals surface area (Å²) in [6.07, 6.45) is 0.457. The zero-order chi connectivity index (χ0) is 21.0. The largest absolute Gasteiger partial charge is 0.469 e. The van der Waals surface area contributed by atoms with E-state index in [1.807, 2.05) is 0 Å². The second kappa shape index (κ2) is 12.9. The van der Waals surface area contributed by atoms with Crippen LogP contribution in [-0.2, 0) is 37.2 Å². The van der Waals surface area contributed by atoms with Crippen LogP contribution in [0, 0.1) is 0 Å². The van der Waals surface area contributed by atoms with E-state index in [0.29, 0.717) is 0 Å². The van der Waals surface area contributed by atoms with Crippen molar-refractivity contribution >= 4 is 27.6 Å². The second-order valence-electron chi connectivity index (χ2n) is 4.48. The van der Waals surface area contributed by atoms with Gasteiger partial charge in [-0.2, -0.15) is 0 Å². The van der Waals surface area contributed by atoms with E-state index in [1.165, 1.54) is 13.8 Å². The molecular weight excluding hydrogens is 398 g/mol. The summed E-state index contributed by atoms with van der Waals surface area (Å²) in [6, 6.07) is 0. The summed E-state index contributed by atoms with van der Waals surface area (Å²) in [5.74, 6) is -1.33. The molecule has 0 spiro atoms. The van der Waals surface area contributed by atoms with Gasteiger partial charge >= 0.3 is 27.6 Å². The fraction of sp³-hybridized carbons (Fsp3) is 0.500. The maximum Gasteiger partial charge on any atom is 0.469 e. The van der Waals surface area contributed by atoms with E-state index < -0.39 is 39.8 Å².